The van der Waals surface area contributed by atoms with E-state index >= 15 is 0 Å². The number of hydrogen-bond acceptors (Lipinski definition) is 3. The molecule has 0 aliphatic rings. The minimum absolute atomic E-state index is 0.166. The first-order valence-corrected chi connectivity index (χ1v) is 11.2. The van der Waals surface area contributed by atoms with E-state index in [2.05, 4.69) is 4.98 Å². The first kappa shape index (κ1) is 19.5. The summed E-state index contributed by atoms with van der Waals surface area (Å²) in [6.07, 6.45) is 3.76. The molecule has 0 aliphatic carbocycles. The summed E-state index contributed by atoms with van der Waals surface area (Å²) in [4.78, 5) is 3.95. The fourth-order valence-electron chi connectivity index (χ4n) is 2.22. The molecule has 0 amide bonds. The van der Waals surface area contributed by atoms with Crippen molar-refractivity contribution in [3.63, 3.8) is 0 Å². The van der Waals surface area contributed by atoms with Gasteiger partial charge in [-0.1, -0.05) is 26.8 Å². The molecular weight excluding hydrogens is 338 g/mol. The molecule has 2 N–H and O–H groups in total. The number of rotatable bonds is 5. The molecule has 1 aromatic heterocycles. The summed E-state index contributed by atoms with van der Waals surface area (Å²) in [6.45, 7) is 9.97. The van der Waals surface area contributed by atoms with E-state index in [1.165, 1.54) is 12.1 Å². The summed E-state index contributed by atoms with van der Waals surface area (Å²) in [5.41, 5.74) is 7.37. The Balaban J connectivity index is 2.33. The zero-order valence-corrected chi connectivity index (χ0v) is 16.4. The minimum atomic E-state index is -2.37. The van der Waals surface area contributed by atoms with Gasteiger partial charge in [0.05, 0.1) is 0 Å². The van der Waals surface area contributed by atoms with E-state index in [1.54, 1.807) is 12.4 Å². The highest BCUT2D eigenvalue weighted by Crippen LogP contribution is 2.39. The topological polar surface area (TPSA) is 48.1 Å². The van der Waals surface area contributed by atoms with E-state index in [0.717, 1.165) is 5.56 Å². The molecule has 0 fully saturated rings. The third kappa shape index (κ3) is 4.44. The van der Waals surface area contributed by atoms with E-state index in [4.69, 9.17) is 10.2 Å². The number of aromatic nitrogens is 1. The molecule has 1 unspecified atom stereocenters. The van der Waals surface area contributed by atoms with Crippen LogP contribution in [0.15, 0.2) is 36.7 Å². The van der Waals surface area contributed by atoms with Crippen molar-refractivity contribution in [2.75, 3.05) is 0 Å². The zero-order valence-electron chi connectivity index (χ0n) is 15.4. The highest BCUT2D eigenvalue weighted by atomic mass is 28.4. The second kappa shape index (κ2) is 7.21. The van der Waals surface area contributed by atoms with Crippen LogP contribution < -0.4 is 10.2 Å². The molecule has 136 valence electrons. The molecule has 0 aliphatic heterocycles. The van der Waals surface area contributed by atoms with Gasteiger partial charge in [0.2, 0.25) is 0 Å². The number of hydrogen-bond donors (Lipinski definition) is 1. The van der Waals surface area contributed by atoms with Crippen LogP contribution in [0.2, 0.25) is 18.1 Å². The molecule has 6 heteroatoms. The summed E-state index contributed by atoms with van der Waals surface area (Å²) in [5.74, 6) is -1.71. The van der Waals surface area contributed by atoms with Crippen molar-refractivity contribution in [1.82, 2.24) is 4.98 Å². The van der Waals surface area contributed by atoms with Crippen LogP contribution in [0.5, 0.6) is 5.75 Å². The van der Waals surface area contributed by atoms with E-state index in [9.17, 15) is 8.78 Å². The average molecular weight is 365 g/mol. The van der Waals surface area contributed by atoms with Gasteiger partial charge in [-0.3, -0.25) is 4.98 Å². The first-order chi connectivity index (χ1) is 11.5. The zero-order chi connectivity index (χ0) is 18.8. The first-order valence-electron chi connectivity index (χ1n) is 8.34. The Morgan fingerprint density at radius 2 is 1.72 bits per heavy atom. The minimum Gasteiger partial charge on any atom is -0.540 e. The standard InChI is InChI=1S/C19H26F2N2OSi/c1-19(2,3)25(4,5)24-18-15(20)7-6-14(17(18)21)16(22)12-13-8-10-23-11-9-13/h6-11,16H,12,22H2,1-5H3. The van der Waals surface area contributed by atoms with Crippen LogP contribution in [0, 0.1) is 11.6 Å². The number of pyridine rings is 1. The molecule has 1 atom stereocenters. The second-order valence-corrected chi connectivity index (χ2v) is 12.5. The van der Waals surface area contributed by atoms with E-state index in [-0.39, 0.29) is 16.4 Å². The third-order valence-electron chi connectivity index (χ3n) is 4.85. The second-order valence-electron chi connectivity index (χ2n) is 7.81. The maximum atomic E-state index is 15.0. The summed E-state index contributed by atoms with van der Waals surface area (Å²) in [5, 5.41) is -0.166. The Morgan fingerprint density at radius 1 is 1.12 bits per heavy atom. The molecule has 1 aromatic carbocycles. The number of halogens is 2. The van der Waals surface area contributed by atoms with Crippen molar-refractivity contribution in [3.8, 4) is 5.75 Å². The molecule has 2 aromatic rings. The quantitative estimate of drug-likeness (QED) is 0.761. The maximum Gasteiger partial charge on any atom is 0.250 e. The average Bonchev–Trinajstić information content (AvgIpc) is 2.51. The molecular formula is C19H26F2N2OSi. The molecule has 0 radical (unpaired) electrons. The lowest BCUT2D eigenvalue weighted by Crippen LogP contribution is -2.44. The Labute approximate surface area is 149 Å². The van der Waals surface area contributed by atoms with Crippen LogP contribution in [0.25, 0.3) is 0 Å². The number of nitrogens with zero attached hydrogens (tertiary/aromatic N) is 1. The monoisotopic (exact) mass is 364 g/mol. The van der Waals surface area contributed by atoms with Crippen molar-refractivity contribution < 1.29 is 13.2 Å². The number of benzene rings is 1. The fraction of sp³-hybridized carbons (Fsp3) is 0.421. The van der Waals surface area contributed by atoms with Crippen molar-refractivity contribution in [3.05, 3.63) is 59.4 Å². The van der Waals surface area contributed by atoms with Gasteiger partial charge in [-0.05, 0) is 48.3 Å². The number of nitrogens with two attached hydrogens (primary N) is 1. The largest absolute Gasteiger partial charge is 0.540 e. The van der Waals surface area contributed by atoms with Gasteiger partial charge in [-0.25, -0.2) is 8.78 Å². The summed E-state index contributed by atoms with van der Waals surface area (Å²) >= 11 is 0. The van der Waals surface area contributed by atoms with Crippen LogP contribution in [-0.2, 0) is 6.42 Å². The van der Waals surface area contributed by atoms with Gasteiger partial charge in [0.15, 0.2) is 17.4 Å². The summed E-state index contributed by atoms with van der Waals surface area (Å²) in [7, 11) is -2.37. The van der Waals surface area contributed by atoms with Crippen LogP contribution in [0.1, 0.15) is 37.9 Å². The molecule has 0 spiro atoms. The summed E-state index contributed by atoms with van der Waals surface area (Å²) < 4.78 is 35.1. The molecule has 2 rings (SSSR count). The van der Waals surface area contributed by atoms with Gasteiger partial charge >= 0.3 is 0 Å². The van der Waals surface area contributed by atoms with Crippen LogP contribution in [0.4, 0.5) is 8.78 Å². The van der Waals surface area contributed by atoms with Gasteiger partial charge in [0.25, 0.3) is 8.32 Å². The van der Waals surface area contributed by atoms with Crippen LogP contribution in [-0.4, -0.2) is 13.3 Å². The Bertz CT molecular complexity index is 730. The van der Waals surface area contributed by atoms with Crippen molar-refractivity contribution in [2.45, 2.75) is 51.4 Å². The van der Waals surface area contributed by atoms with Gasteiger partial charge in [0.1, 0.15) is 0 Å². The van der Waals surface area contributed by atoms with Crippen molar-refractivity contribution >= 4 is 8.32 Å². The molecule has 0 bridgehead atoms. The lowest BCUT2D eigenvalue weighted by Gasteiger charge is -2.36. The van der Waals surface area contributed by atoms with Crippen LogP contribution in [0.3, 0.4) is 0 Å². The van der Waals surface area contributed by atoms with Gasteiger partial charge in [-0.2, -0.15) is 0 Å². The predicted octanol–water partition coefficient (Wildman–Crippen LogP) is 4.99. The van der Waals surface area contributed by atoms with Crippen LogP contribution >= 0.6 is 0 Å². The molecule has 0 saturated heterocycles. The molecule has 3 nitrogen and oxygen atoms in total. The van der Waals surface area contributed by atoms with E-state index in [0.29, 0.717) is 6.42 Å². The lowest BCUT2D eigenvalue weighted by atomic mass is 9.99. The van der Waals surface area contributed by atoms with E-state index < -0.39 is 26.0 Å². The SMILES string of the molecule is CC(C)(C)[Si](C)(C)Oc1c(F)ccc(C(N)Cc2ccncc2)c1F. The fourth-order valence-corrected chi connectivity index (χ4v) is 3.22. The molecule has 1 heterocycles. The smallest absolute Gasteiger partial charge is 0.250 e. The molecule has 0 saturated carbocycles. The third-order valence-corrected chi connectivity index (χ3v) is 9.17. The Morgan fingerprint density at radius 3 is 2.28 bits per heavy atom. The van der Waals surface area contributed by atoms with E-state index in [1.807, 2.05) is 46.0 Å². The van der Waals surface area contributed by atoms with Gasteiger partial charge < -0.3 is 10.2 Å². The lowest BCUT2D eigenvalue weighted by molar-refractivity contribution is 0.417. The normalized spacial score (nSPS) is 13.6. The molecule has 25 heavy (non-hydrogen) atoms. The highest BCUT2D eigenvalue weighted by Gasteiger charge is 2.40. The van der Waals surface area contributed by atoms with Gasteiger partial charge in [0, 0.05) is 24.0 Å². The van der Waals surface area contributed by atoms with Gasteiger partial charge in [-0.15, -0.1) is 0 Å². The van der Waals surface area contributed by atoms with Crippen molar-refractivity contribution in [2.24, 2.45) is 5.73 Å². The summed E-state index contributed by atoms with van der Waals surface area (Å²) in [6, 6.07) is 5.69. The highest BCUT2D eigenvalue weighted by molar-refractivity contribution is 6.74. The maximum absolute atomic E-state index is 15.0. The Kier molecular flexibility index (Phi) is 5.64. The predicted molar refractivity (Wildman–Crippen MR) is 99.1 cm³/mol. The Hall–Kier alpha value is -1.79. The van der Waals surface area contributed by atoms with Crippen molar-refractivity contribution in [1.29, 1.82) is 0 Å².